The first-order valence-corrected chi connectivity index (χ1v) is 6.16. The van der Waals surface area contributed by atoms with Gasteiger partial charge in [-0.2, -0.15) is 0 Å². The van der Waals surface area contributed by atoms with Crippen LogP contribution in [0.2, 0.25) is 0 Å². The molecule has 104 valence electrons. The summed E-state index contributed by atoms with van der Waals surface area (Å²) < 4.78 is 40.0. The van der Waals surface area contributed by atoms with E-state index in [-0.39, 0.29) is 16.5 Å². The molecule has 0 aromatic heterocycles. The van der Waals surface area contributed by atoms with E-state index in [2.05, 4.69) is 10.6 Å². The lowest BCUT2D eigenvalue weighted by Crippen LogP contribution is -2.20. The average Bonchev–Trinajstić information content (AvgIpc) is 2.37. The molecule has 2 aromatic rings. The molecular formula is C14H11F3N2S. The average molecular weight is 296 g/mol. The van der Waals surface area contributed by atoms with Crippen LogP contribution in [-0.2, 0) is 0 Å². The zero-order valence-corrected chi connectivity index (χ0v) is 11.3. The van der Waals surface area contributed by atoms with Gasteiger partial charge in [0.05, 0.1) is 11.4 Å². The van der Waals surface area contributed by atoms with Crippen molar-refractivity contribution < 1.29 is 13.2 Å². The number of hydrogen-bond acceptors (Lipinski definition) is 1. The summed E-state index contributed by atoms with van der Waals surface area (Å²) in [7, 11) is 0. The van der Waals surface area contributed by atoms with Crippen molar-refractivity contribution >= 4 is 28.7 Å². The van der Waals surface area contributed by atoms with Crippen LogP contribution in [0.15, 0.2) is 36.4 Å². The predicted octanol–water partition coefficient (Wildman–Crippen LogP) is 4.22. The van der Waals surface area contributed by atoms with Crippen molar-refractivity contribution in [3.63, 3.8) is 0 Å². The molecule has 0 unspecified atom stereocenters. The van der Waals surface area contributed by atoms with E-state index in [0.29, 0.717) is 0 Å². The molecule has 2 nitrogen and oxygen atoms in total. The Labute approximate surface area is 119 Å². The maximum absolute atomic E-state index is 13.6. The molecule has 2 rings (SSSR count). The molecule has 0 saturated carbocycles. The largest absolute Gasteiger partial charge is 0.330 e. The van der Waals surface area contributed by atoms with Gasteiger partial charge in [-0.05, 0) is 49.0 Å². The van der Waals surface area contributed by atoms with Gasteiger partial charge in [-0.25, -0.2) is 13.2 Å². The van der Waals surface area contributed by atoms with Crippen LogP contribution in [0.4, 0.5) is 24.5 Å². The lowest BCUT2D eigenvalue weighted by molar-refractivity contribution is 0.604. The van der Waals surface area contributed by atoms with Gasteiger partial charge in [0.25, 0.3) is 0 Å². The lowest BCUT2D eigenvalue weighted by Gasteiger charge is -2.12. The van der Waals surface area contributed by atoms with Crippen LogP contribution in [0.1, 0.15) is 5.56 Å². The monoisotopic (exact) mass is 296 g/mol. The molecule has 2 aromatic carbocycles. The molecule has 0 bridgehead atoms. The minimum atomic E-state index is -0.653. The summed E-state index contributed by atoms with van der Waals surface area (Å²) in [5.41, 5.74) is 0.808. The number of nitrogens with one attached hydrogen (secondary N) is 2. The van der Waals surface area contributed by atoms with Crippen molar-refractivity contribution in [2.24, 2.45) is 0 Å². The van der Waals surface area contributed by atoms with Gasteiger partial charge in [0, 0.05) is 6.07 Å². The van der Waals surface area contributed by atoms with Gasteiger partial charge < -0.3 is 10.6 Å². The Kier molecular flexibility index (Phi) is 4.24. The van der Waals surface area contributed by atoms with Gasteiger partial charge >= 0.3 is 0 Å². The van der Waals surface area contributed by atoms with Gasteiger partial charge in [0.1, 0.15) is 17.5 Å². The molecule has 2 N–H and O–H groups in total. The van der Waals surface area contributed by atoms with Crippen LogP contribution in [0.3, 0.4) is 0 Å². The Balaban J connectivity index is 2.11. The summed E-state index contributed by atoms with van der Waals surface area (Å²) in [4.78, 5) is 0. The first-order valence-electron chi connectivity index (χ1n) is 5.75. The fraction of sp³-hybridized carbons (Fsp3) is 0.0714. The number of hydrogen-bond donors (Lipinski definition) is 2. The van der Waals surface area contributed by atoms with Gasteiger partial charge in [-0.15, -0.1) is 0 Å². The standard InChI is InChI=1S/C14H11F3N2S/c1-8-2-5-12(11(17)6-8)18-14(20)19-13-7-9(15)3-4-10(13)16/h2-7H,1H3,(H2,18,19,20). The van der Waals surface area contributed by atoms with Crippen LogP contribution in [-0.4, -0.2) is 5.11 Å². The van der Waals surface area contributed by atoms with E-state index in [1.54, 1.807) is 13.0 Å². The van der Waals surface area contributed by atoms with E-state index >= 15 is 0 Å². The first-order chi connectivity index (χ1) is 9.45. The lowest BCUT2D eigenvalue weighted by atomic mass is 10.2. The number of halogens is 3. The maximum Gasteiger partial charge on any atom is 0.175 e. The topological polar surface area (TPSA) is 24.1 Å². The third kappa shape index (κ3) is 3.48. The predicted molar refractivity (Wildman–Crippen MR) is 77.3 cm³/mol. The zero-order valence-electron chi connectivity index (χ0n) is 10.5. The molecule has 6 heteroatoms. The number of rotatable bonds is 2. The number of anilines is 2. The van der Waals surface area contributed by atoms with Gasteiger partial charge in [-0.1, -0.05) is 6.07 Å². The second-order valence-electron chi connectivity index (χ2n) is 4.19. The highest BCUT2D eigenvalue weighted by Gasteiger charge is 2.08. The molecule has 20 heavy (non-hydrogen) atoms. The molecule has 0 aliphatic heterocycles. The van der Waals surface area contributed by atoms with Gasteiger partial charge in [-0.3, -0.25) is 0 Å². The second-order valence-corrected chi connectivity index (χ2v) is 4.59. The molecule has 0 radical (unpaired) electrons. The summed E-state index contributed by atoms with van der Waals surface area (Å²) in [6.07, 6.45) is 0. The molecule has 0 spiro atoms. The third-order valence-electron chi connectivity index (χ3n) is 2.55. The molecule has 0 fully saturated rings. The summed E-state index contributed by atoms with van der Waals surface area (Å²) in [6, 6.07) is 7.50. The zero-order chi connectivity index (χ0) is 14.7. The molecule has 0 heterocycles. The van der Waals surface area contributed by atoms with E-state index in [1.165, 1.54) is 12.1 Å². The van der Waals surface area contributed by atoms with E-state index in [9.17, 15) is 13.2 Å². The fourth-order valence-electron chi connectivity index (χ4n) is 1.59. The Hall–Kier alpha value is -2.08. The fourth-order valence-corrected chi connectivity index (χ4v) is 1.81. The SMILES string of the molecule is Cc1ccc(NC(=S)Nc2cc(F)ccc2F)c(F)c1. The highest BCUT2D eigenvalue weighted by molar-refractivity contribution is 7.80. The van der Waals surface area contributed by atoms with Gasteiger partial charge in [0.15, 0.2) is 5.11 Å². The van der Waals surface area contributed by atoms with Crippen molar-refractivity contribution in [3.05, 3.63) is 59.4 Å². The molecule has 0 aliphatic rings. The van der Waals surface area contributed by atoms with Crippen LogP contribution in [0, 0.1) is 24.4 Å². The Morgan fingerprint density at radius 1 is 0.900 bits per heavy atom. The number of thiocarbonyl (C=S) groups is 1. The summed E-state index contributed by atoms with van der Waals surface area (Å²) in [5.74, 6) is -1.73. The smallest absolute Gasteiger partial charge is 0.175 e. The summed E-state index contributed by atoms with van der Waals surface area (Å²) >= 11 is 4.94. The highest BCUT2D eigenvalue weighted by Crippen LogP contribution is 2.18. The van der Waals surface area contributed by atoms with E-state index in [4.69, 9.17) is 12.2 Å². The second kappa shape index (κ2) is 5.92. The number of aryl methyl sites for hydroxylation is 1. The Morgan fingerprint density at radius 3 is 2.30 bits per heavy atom. The first kappa shape index (κ1) is 14.3. The molecular weight excluding hydrogens is 285 g/mol. The van der Waals surface area contributed by atoms with Crippen molar-refractivity contribution in [1.82, 2.24) is 0 Å². The van der Waals surface area contributed by atoms with Gasteiger partial charge in [0.2, 0.25) is 0 Å². The minimum absolute atomic E-state index is 0.0303. The highest BCUT2D eigenvalue weighted by atomic mass is 32.1. The Morgan fingerprint density at radius 2 is 1.60 bits per heavy atom. The normalized spacial score (nSPS) is 10.2. The Bertz CT molecular complexity index is 659. The van der Waals surface area contributed by atoms with E-state index in [0.717, 1.165) is 23.8 Å². The summed E-state index contributed by atoms with van der Waals surface area (Å²) in [6.45, 7) is 1.76. The molecule has 0 amide bonds. The van der Waals surface area contributed by atoms with E-state index in [1.807, 2.05) is 0 Å². The molecule has 0 saturated heterocycles. The molecule has 0 atom stereocenters. The van der Waals surface area contributed by atoms with Crippen molar-refractivity contribution in [1.29, 1.82) is 0 Å². The van der Waals surface area contributed by atoms with Crippen LogP contribution in [0.25, 0.3) is 0 Å². The third-order valence-corrected chi connectivity index (χ3v) is 2.75. The van der Waals surface area contributed by atoms with Crippen LogP contribution in [0.5, 0.6) is 0 Å². The quantitative estimate of drug-likeness (QED) is 0.811. The van der Waals surface area contributed by atoms with Crippen LogP contribution < -0.4 is 10.6 Å². The summed E-state index contributed by atoms with van der Waals surface area (Å²) in [5, 5.41) is 5.04. The number of benzene rings is 2. The van der Waals surface area contributed by atoms with Crippen LogP contribution >= 0.6 is 12.2 Å². The minimum Gasteiger partial charge on any atom is -0.330 e. The van der Waals surface area contributed by atoms with Crippen molar-refractivity contribution in [2.45, 2.75) is 6.92 Å². The maximum atomic E-state index is 13.6. The van der Waals surface area contributed by atoms with Crippen molar-refractivity contribution in [3.8, 4) is 0 Å². The van der Waals surface area contributed by atoms with Crippen molar-refractivity contribution in [2.75, 3.05) is 10.6 Å². The van der Waals surface area contributed by atoms with E-state index < -0.39 is 17.5 Å². The molecule has 0 aliphatic carbocycles.